The van der Waals surface area contributed by atoms with Gasteiger partial charge in [0.15, 0.2) is 5.96 Å². The molecule has 24 heavy (non-hydrogen) atoms. The predicted octanol–water partition coefficient (Wildman–Crippen LogP) is 2.04. The number of piperidine rings is 1. The van der Waals surface area contributed by atoms with E-state index in [-0.39, 0.29) is 6.04 Å². The molecular weight excluding hydrogens is 344 g/mol. The molecule has 1 fully saturated rings. The van der Waals surface area contributed by atoms with Crippen LogP contribution in [0.3, 0.4) is 0 Å². The molecule has 1 aliphatic rings. The highest BCUT2D eigenvalue weighted by Crippen LogP contribution is 2.20. The van der Waals surface area contributed by atoms with Crippen molar-refractivity contribution in [3.63, 3.8) is 0 Å². The number of nitrogens with one attached hydrogen (secondary N) is 2. The molecule has 1 unspecified atom stereocenters. The lowest BCUT2D eigenvalue weighted by Crippen LogP contribution is -2.40. The van der Waals surface area contributed by atoms with E-state index in [0.29, 0.717) is 19.0 Å². The third-order valence-electron chi connectivity index (χ3n) is 4.22. The molecule has 2 N–H and O–H groups in total. The normalized spacial score (nSPS) is 19.2. The molecule has 0 saturated carbocycles. The highest BCUT2D eigenvalue weighted by molar-refractivity contribution is 7.88. The Kier molecular flexibility index (Phi) is 7.06. The van der Waals surface area contributed by atoms with Gasteiger partial charge in [-0.3, -0.25) is 4.99 Å². The minimum absolute atomic E-state index is 0.217. The molecule has 0 spiro atoms. The van der Waals surface area contributed by atoms with Crippen molar-refractivity contribution >= 4 is 27.3 Å². The van der Waals surface area contributed by atoms with Crippen LogP contribution in [-0.2, 0) is 10.0 Å². The zero-order chi connectivity index (χ0) is 17.6. The van der Waals surface area contributed by atoms with Gasteiger partial charge in [0.2, 0.25) is 10.0 Å². The maximum atomic E-state index is 11.6. The summed E-state index contributed by atoms with van der Waals surface area (Å²) in [5.41, 5.74) is 0. The van der Waals surface area contributed by atoms with E-state index in [1.807, 2.05) is 0 Å². The van der Waals surface area contributed by atoms with E-state index in [2.05, 4.69) is 42.0 Å². The van der Waals surface area contributed by atoms with Crippen molar-refractivity contribution in [1.29, 1.82) is 0 Å². The average molecular weight is 373 g/mol. The van der Waals surface area contributed by atoms with E-state index in [9.17, 15) is 8.42 Å². The summed E-state index contributed by atoms with van der Waals surface area (Å²) in [5, 5.41) is 8.80. The number of aliphatic imine (C=N–C) groups is 1. The smallest absolute Gasteiger partial charge is 0.211 e. The molecule has 1 atom stereocenters. The largest absolute Gasteiger partial charge is 0.357 e. The highest BCUT2D eigenvalue weighted by atomic mass is 32.2. The van der Waals surface area contributed by atoms with Gasteiger partial charge in [0, 0.05) is 31.1 Å². The number of guanidine groups is 1. The second kappa shape index (κ2) is 8.82. The Hall–Kier alpha value is -1.12. The summed E-state index contributed by atoms with van der Waals surface area (Å²) >= 11 is 1.73. The van der Waals surface area contributed by atoms with Gasteiger partial charge in [-0.1, -0.05) is 6.07 Å². The van der Waals surface area contributed by atoms with Crippen molar-refractivity contribution in [3.05, 3.63) is 22.4 Å². The fourth-order valence-electron chi connectivity index (χ4n) is 2.78. The third-order valence-corrected chi connectivity index (χ3v) is 6.58. The molecule has 2 rings (SSSR count). The summed E-state index contributed by atoms with van der Waals surface area (Å²) in [6.07, 6.45) is 3.03. The summed E-state index contributed by atoms with van der Waals surface area (Å²) in [6.45, 7) is 6.93. The predicted molar refractivity (Wildman–Crippen MR) is 101 cm³/mol. The first-order chi connectivity index (χ1) is 11.4. The first-order valence-electron chi connectivity index (χ1n) is 8.43. The molecule has 6 nitrogen and oxygen atoms in total. The molecule has 0 radical (unpaired) electrons. The topological polar surface area (TPSA) is 73.8 Å². The van der Waals surface area contributed by atoms with Crippen LogP contribution in [0.15, 0.2) is 22.5 Å². The number of sulfonamides is 1. The van der Waals surface area contributed by atoms with Crippen LogP contribution in [0.1, 0.15) is 37.6 Å². The molecule has 1 aromatic heterocycles. The van der Waals surface area contributed by atoms with Gasteiger partial charge < -0.3 is 10.6 Å². The monoisotopic (exact) mass is 372 g/mol. The molecule has 0 aromatic carbocycles. The molecule has 1 aromatic rings. The van der Waals surface area contributed by atoms with Gasteiger partial charge in [-0.15, -0.1) is 11.3 Å². The number of thiophene rings is 1. The number of hydrogen-bond donors (Lipinski definition) is 2. The minimum Gasteiger partial charge on any atom is -0.357 e. The van der Waals surface area contributed by atoms with E-state index < -0.39 is 10.0 Å². The van der Waals surface area contributed by atoms with Crippen molar-refractivity contribution in [1.82, 2.24) is 14.9 Å². The van der Waals surface area contributed by atoms with Crippen LogP contribution in [0.2, 0.25) is 0 Å². The van der Waals surface area contributed by atoms with Gasteiger partial charge in [0.25, 0.3) is 0 Å². The van der Waals surface area contributed by atoms with E-state index in [4.69, 9.17) is 4.99 Å². The SMILES string of the molecule is CCNC(=NCC1CCN(S(C)(=O)=O)CC1)NC(C)c1cccs1. The fraction of sp³-hybridized carbons (Fsp3) is 0.688. The molecule has 136 valence electrons. The van der Waals surface area contributed by atoms with Crippen LogP contribution in [0.4, 0.5) is 0 Å². The maximum absolute atomic E-state index is 11.6. The molecule has 8 heteroatoms. The molecule has 2 heterocycles. The van der Waals surface area contributed by atoms with Gasteiger partial charge >= 0.3 is 0 Å². The highest BCUT2D eigenvalue weighted by Gasteiger charge is 2.24. The first-order valence-corrected chi connectivity index (χ1v) is 11.2. The Morgan fingerprint density at radius 3 is 2.71 bits per heavy atom. The van der Waals surface area contributed by atoms with Crippen LogP contribution in [0.25, 0.3) is 0 Å². The zero-order valence-electron chi connectivity index (χ0n) is 14.7. The van der Waals surface area contributed by atoms with Crippen molar-refractivity contribution in [2.75, 3.05) is 32.4 Å². The summed E-state index contributed by atoms with van der Waals surface area (Å²) in [5.74, 6) is 1.26. The van der Waals surface area contributed by atoms with Gasteiger partial charge in [-0.25, -0.2) is 12.7 Å². The standard InChI is InChI=1S/C16H28N4O2S2/c1-4-17-16(19-13(2)15-6-5-11-23-15)18-12-14-7-9-20(10-8-14)24(3,21)22/h5-6,11,13-14H,4,7-10,12H2,1-3H3,(H2,17,18,19). The second-order valence-electron chi connectivity index (χ2n) is 6.21. The van der Waals surface area contributed by atoms with E-state index in [1.54, 1.807) is 15.6 Å². The molecule has 1 saturated heterocycles. The number of hydrogen-bond acceptors (Lipinski definition) is 4. The Bertz CT molecular complexity index is 621. The molecule has 0 bridgehead atoms. The maximum Gasteiger partial charge on any atom is 0.211 e. The Morgan fingerprint density at radius 2 is 2.17 bits per heavy atom. The molecule has 0 aliphatic carbocycles. The van der Waals surface area contributed by atoms with Crippen molar-refractivity contribution in [2.24, 2.45) is 10.9 Å². The average Bonchev–Trinajstić information content (AvgIpc) is 3.07. The van der Waals surface area contributed by atoms with Crippen LogP contribution in [-0.4, -0.2) is 51.1 Å². The molecule has 0 amide bonds. The molecular formula is C16H28N4O2S2. The Morgan fingerprint density at radius 1 is 1.46 bits per heavy atom. The fourth-order valence-corrected chi connectivity index (χ4v) is 4.39. The van der Waals surface area contributed by atoms with Crippen LogP contribution in [0, 0.1) is 5.92 Å². The van der Waals surface area contributed by atoms with Crippen molar-refractivity contribution in [2.45, 2.75) is 32.7 Å². The van der Waals surface area contributed by atoms with Crippen molar-refractivity contribution in [3.8, 4) is 0 Å². The van der Waals surface area contributed by atoms with E-state index >= 15 is 0 Å². The third kappa shape index (κ3) is 5.75. The summed E-state index contributed by atoms with van der Waals surface area (Å²) < 4.78 is 24.7. The number of rotatable bonds is 6. The summed E-state index contributed by atoms with van der Waals surface area (Å²) in [7, 11) is -3.06. The Balaban J connectivity index is 1.87. The van der Waals surface area contributed by atoms with E-state index in [1.165, 1.54) is 11.1 Å². The number of nitrogens with zero attached hydrogens (tertiary/aromatic N) is 2. The lowest BCUT2D eigenvalue weighted by Gasteiger charge is -2.29. The minimum atomic E-state index is -3.06. The Labute approximate surface area is 149 Å². The lowest BCUT2D eigenvalue weighted by molar-refractivity contribution is 0.280. The van der Waals surface area contributed by atoms with Gasteiger partial charge in [-0.05, 0) is 44.1 Å². The zero-order valence-corrected chi connectivity index (χ0v) is 16.3. The summed E-state index contributed by atoms with van der Waals surface area (Å²) in [6, 6.07) is 4.39. The summed E-state index contributed by atoms with van der Waals surface area (Å²) in [4.78, 5) is 5.98. The second-order valence-corrected chi connectivity index (χ2v) is 9.17. The van der Waals surface area contributed by atoms with Crippen molar-refractivity contribution < 1.29 is 8.42 Å². The van der Waals surface area contributed by atoms with Crippen LogP contribution >= 0.6 is 11.3 Å². The first kappa shape index (κ1) is 19.2. The van der Waals surface area contributed by atoms with Crippen LogP contribution < -0.4 is 10.6 Å². The van der Waals surface area contributed by atoms with Gasteiger partial charge in [0.05, 0.1) is 12.3 Å². The van der Waals surface area contributed by atoms with Gasteiger partial charge in [0.1, 0.15) is 0 Å². The van der Waals surface area contributed by atoms with Crippen LogP contribution in [0.5, 0.6) is 0 Å². The van der Waals surface area contributed by atoms with Gasteiger partial charge in [-0.2, -0.15) is 0 Å². The quantitative estimate of drug-likeness (QED) is 0.592. The van der Waals surface area contributed by atoms with E-state index in [0.717, 1.165) is 31.9 Å². The molecule has 1 aliphatic heterocycles. The lowest BCUT2D eigenvalue weighted by atomic mass is 9.98.